The number of amides is 1. The van der Waals surface area contributed by atoms with Crippen LogP contribution in [0.15, 0.2) is 18.2 Å². The highest BCUT2D eigenvalue weighted by molar-refractivity contribution is 8.01. The summed E-state index contributed by atoms with van der Waals surface area (Å²) >= 11 is 7.60. The summed E-state index contributed by atoms with van der Waals surface area (Å²) in [6.45, 7) is 0. The highest BCUT2D eigenvalue weighted by atomic mass is 35.5. The summed E-state index contributed by atoms with van der Waals surface area (Å²) in [6.07, 6.45) is -0.493. The van der Waals surface area contributed by atoms with Gasteiger partial charge >= 0.3 is 0 Å². The van der Waals surface area contributed by atoms with Crippen molar-refractivity contribution in [2.75, 3.05) is 32.0 Å². The summed E-state index contributed by atoms with van der Waals surface area (Å²) in [5, 5.41) is 0.224. The standard InChI is InChI=1S/C13H16ClNO4S/c1-17-10-5-4-8(6-9(10)14)15-11(16)7-20-12(15)13(18-2)19-3/h4-6,12-13H,7H2,1-3H3. The molecule has 20 heavy (non-hydrogen) atoms. The minimum absolute atomic E-state index is 0.000309. The van der Waals surface area contributed by atoms with Crippen LogP contribution in [0.3, 0.4) is 0 Å². The van der Waals surface area contributed by atoms with Crippen molar-refractivity contribution in [2.45, 2.75) is 11.7 Å². The third-order valence-corrected chi connectivity index (χ3v) is 4.50. The number of methoxy groups -OCH3 is 3. The zero-order valence-corrected chi connectivity index (χ0v) is 13.0. The van der Waals surface area contributed by atoms with Gasteiger partial charge in [-0.15, -0.1) is 11.8 Å². The Morgan fingerprint density at radius 2 is 2.05 bits per heavy atom. The van der Waals surface area contributed by atoms with Crippen LogP contribution >= 0.6 is 23.4 Å². The summed E-state index contributed by atoms with van der Waals surface area (Å²) in [7, 11) is 4.65. The number of hydrogen-bond acceptors (Lipinski definition) is 5. The fourth-order valence-corrected chi connectivity index (χ4v) is 3.54. The lowest BCUT2D eigenvalue weighted by molar-refractivity contribution is -0.121. The van der Waals surface area contributed by atoms with Crippen LogP contribution in [-0.4, -0.2) is 44.7 Å². The van der Waals surface area contributed by atoms with Crippen LogP contribution in [-0.2, 0) is 14.3 Å². The number of nitrogens with zero attached hydrogens (tertiary/aromatic N) is 1. The molecule has 1 aromatic rings. The molecule has 0 spiro atoms. The second kappa shape index (κ2) is 6.67. The summed E-state index contributed by atoms with van der Waals surface area (Å²) in [5.41, 5.74) is 0.704. The number of benzene rings is 1. The van der Waals surface area contributed by atoms with Crippen molar-refractivity contribution in [1.82, 2.24) is 0 Å². The normalized spacial score (nSPS) is 18.9. The van der Waals surface area contributed by atoms with Crippen molar-refractivity contribution in [3.8, 4) is 5.75 Å². The van der Waals surface area contributed by atoms with E-state index in [1.807, 2.05) is 0 Å². The molecule has 1 saturated heterocycles. The first-order valence-electron chi connectivity index (χ1n) is 5.95. The first-order valence-corrected chi connectivity index (χ1v) is 7.37. The smallest absolute Gasteiger partial charge is 0.238 e. The molecule has 0 saturated carbocycles. The van der Waals surface area contributed by atoms with Gasteiger partial charge in [0.1, 0.15) is 11.1 Å². The Morgan fingerprint density at radius 3 is 2.60 bits per heavy atom. The van der Waals surface area contributed by atoms with E-state index >= 15 is 0 Å². The maximum Gasteiger partial charge on any atom is 0.238 e. The quantitative estimate of drug-likeness (QED) is 0.780. The summed E-state index contributed by atoms with van der Waals surface area (Å²) in [6, 6.07) is 5.24. The number of halogens is 1. The van der Waals surface area contributed by atoms with Crippen molar-refractivity contribution >= 4 is 35.0 Å². The van der Waals surface area contributed by atoms with Crippen molar-refractivity contribution in [1.29, 1.82) is 0 Å². The zero-order chi connectivity index (χ0) is 14.7. The topological polar surface area (TPSA) is 48.0 Å². The molecule has 0 aromatic heterocycles. The number of carbonyl (C=O) groups is 1. The van der Waals surface area contributed by atoms with E-state index < -0.39 is 6.29 Å². The lowest BCUT2D eigenvalue weighted by Crippen LogP contribution is -2.42. The molecule has 7 heteroatoms. The number of ether oxygens (including phenoxy) is 3. The molecule has 110 valence electrons. The first-order chi connectivity index (χ1) is 9.62. The minimum Gasteiger partial charge on any atom is -0.495 e. The maximum absolute atomic E-state index is 12.1. The van der Waals surface area contributed by atoms with Crippen LogP contribution in [0.2, 0.25) is 5.02 Å². The van der Waals surface area contributed by atoms with Crippen molar-refractivity contribution in [3.63, 3.8) is 0 Å². The molecule has 1 aliphatic rings. The number of anilines is 1. The third kappa shape index (κ3) is 2.88. The van der Waals surface area contributed by atoms with Crippen LogP contribution in [0, 0.1) is 0 Å². The SMILES string of the molecule is COc1ccc(N2C(=O)CSC2C(OC)OC)cc1Cl. The van der Waals surface area contributed by atoms with Crippen LogP contribution in [0.25, 0.3) is 0 Å². The molecule has 5 nitrogen and oxygen atoms in total. The highest BCUT2D eigenvalue weighted by Gasteiger charge is 2.39. The van der Waals surface area contributed by atoms with Gasteiger partial charge in [0.25, 0.3) is 0 Å². The average Bonchev–Trinajstić information content (AvgIpc) is 2.82. The molecule has 1 aromatic carbocycles. The molecule has 1 atom stereocenters. The van der Waals surface area contributed by atoms with E-state index in [1.165, 1.54) is 11.8 Å². The van der Waals surface area contributed by atoms with E-state index in [-0.39, 0.29) is 11.3 Å². The summed E-state index contributed by atoms with van der Waals surface area (Å²) < 4.78 is 15.6. The molecule has 1 amide bonds. The van der Waals surface area contributed by atoms with Gasteiger partial charge in [0.2, 0.25) is 5.91 Å². The molecule has 0 bridgehead atoms. The Kier molecular flexibility index (Phi) is 5.15. The van der Waals surface area contributed by atoms with Crippen molar-refractivity contribution in [3.05, 3.63) is 23.2 Å². The van der Waals surface area contributed by atoms with Crippen molar-refractivity contribution < 1.29 is 19.0 Å². The van der Waals surface area contributed by atoms with Gasteiger partial charge in [0.15, 0.2) is 6.29 Å². The number of hydrogen-bond donors (Lipinski definition) is 0. The minimum atomic E-state index is -0.493. The molecule has 1 unspecified atom stereocenters. The van der Waals surface area contributed by atoms with Gasteiger partial charge in [-0.3, -0.25) is 9.69 Å². The number of rotatable bonds is 5. The van der Waals surface area contributed by atoms with Gasteiger partial charge in [0, 0.05) is 19.9 Å². The average molecular weight is 318 g/mol. The molecular weight excluding hydrogens is 302 g/mol. The third-order valence-electron chi connectivity index (χ3n) is 3.01. The van der Waals surface area contributed by atoms with Gasteiger partial charge in [-0.2, -0.15) is 0 Å². The molecule has 0 aliphatic carbocycles. The largest absolute Gasteiger partial charge is 0.495 e. The first kappa shape index (κ1) is 15.4. The molecule has 0 radical (unpaired) electrons. The van der Waals surface area contributed by atoms with Crippen LogP contribution in [0.1, 0.15) is 0 Å². The van der Waals surface area contributed by atoms with Crippen molar-refractivity contribution in [2.24, 2.45) is 0 Å². The Balaban J connectivity index is 2.32. The second-order valence-corrected chi connectivity index (χ2v) is 5.64. The lowest BCUT2D eigenvalue weighted by atomic mass is 10.2. The van der Waals surface area contributed by atoms with Gasteiger partial charge in [0.05, 0.1) is 17.9 Å². The van der Waals surface area contributed by atoms with Gasteiger partial charge in [-0.05, 0) is 18.2 Å². The molecule has 1 aliphatic heterocycles. The number of thioether (sulfide) groups is 1. The number of carbonyl (C=O) groups excluding carboxylic acids is 1. The predicted molar refractivity (Wildman–Crippen MR) is 79.5 cm³/mol. The Labute approximate surface area is 127 Å². The highest BCUT2D eigenvalue weighted by Crippen LogP contribution is 2.37. The predicted octanol–water partition coefficient (Wildman–Crippen LogP) is 2.37. The molecule has 2 rings (SSSR count). The van der Waals surface area contributed by atoms with E-state index in [9.17, 15) is 4.79 Å². The van der Waals surface area contributed by atoms with E-state index in [1.54, 1.807) is 44.4 Å². The lowest BCUT2D eigenvalue weighted by Gasteiger charge is -2.29. The van der Waals surface area contributed by atoms with Crippen LogP contribution in [0.5, 0.6) is 5.75 Å². The van der Waals surface area contributed by atoms with Crippen LogP contribution in [0.4, 0.5) is 5.69 Å². The fraction of sp³-hybridized carbons (Fsp3) is 0.462. The Hall–Kier alpha value is -0.950. The zero-order valence-electron chi connectivity index (χ0n) is 11.5. The Morgan fingerprint density at radius 1 is 1.35 bits per heavy atom. The molecule has 1 heterocycles. The molecule has 0 N–H and O–H groups in total. The second-order valence-electron chi connectivity index (χ2n) is 4.12. The molecular formula is C13H16ClNO4S. The summed E-state index contributed by atoms with van der Waals surface area (Å²) in [5.74, 6) is 0.957. The Bertz CT molecular complexity index is 495. The van der Waals surface area contributed by atoms with E-state index in [0.29, 0.717) is 22.2 Å². The van der Waals surface area contributed by atoms with Crippen LogP contribution < -0.4 is 9.64 Å². The maximum atomic E-state index is 12.1. The summed E-state index contributed by atoms with van der Waals surface area (Å²) in [4.78, 5) is 13.8. The van der Waals surface area contributed by atoms with E-state index in [0.717, 1.165) is 0 Å². The fourth-order valence-electron chi connectivity index (χ4n) is 2.07. The van der Waals surface area contributed by atoms with Gasteiger partial charge in [-0.1, -0.05) is 11.6 Å². The van der Waals surface area contributed by atoms with Gasteiger partial charge in [-0.25, -0.2) is 0 Å². The van der Waals surface area contributed by atoms with E-state index in [2.05, 4.69) is 0 Å². The monoisotopic (exact) mass is 317 g/mol. The van der Waals surface area contributed by atoms with E-state index in [4.69, 9.17) is 25.8 Å². The van der Waals surface area contributed by atoms with Gasteiger partial charge < -0.3 is 14.2 Å². The molecule has 1 fully saturated rings.